The molecule has 0 radical (unpaired) electrons. The summed E-state index contributed by atoms with van der Waals surface area (Å²) in [6.45, 7) is 8.42. The summed E-state index contributed by atoms with van der Waals surface area (Å²) in [5.41, 5.74) is 5.44. The molecule has 0 aliphatic rings. The maximum Gasteiger partial charge on any atom is 0.223 e. The first-order chi connectivity index (χ1) is 8.43. The van der Waals surface area contributed by atoms with E-state index in [9.17, 15) is 9.59 Å². The van der Waals surface area contributed by atoms with Gasteiger partial charge in [-0.1, -0.05) is 26.0 Å². The van der Waals surface area contributed by atoms with Crippen LogP contribution in [-0.4, -0.2) is 18.4 Å². The summed E-state index contributed by atoms with van der Waals surface area (Å²) < 4.78 is 0. The van der Waals surface area contributed by atoms with Gasteiger partial charge in [-0.15, -0.1) is 0 Å². The Morgan fingerprint density at radius 2 is 1.89 bits per heavy atom. The fourth-order valence-electron chi connectivity index (χ4n) is 2.03. The van der Waals surface area contributed by atoms with Gasteiger partial charge in [0.2, 0.25) is 11.8 Å². The molecular formula is C14H26N2O2. The van der Waals surface area contributed by atoms with Gasteiger partial charge in [0.15, 0.2) is 0 Å². The predicted octanol–water partition coefficient (Wildman–Crippen LogP) is 1.85. The van der Waals surface area contributed by atoms with Crippen molar-refractivity contribution in [3.05, 3.63) is 12.2 Å². The topological polar surface area (TPSA) is 72.2 Å². The van der Waals surface area contributed by atoms with Crippen LogP contribution in [0.15, 0.2) is 12.2 Å². The molecule has 0 aromatic rings. The molecule has 0 heterocycles. The monoisotopic (exact) mass is 254 g/mol. The zero-order valence-electron chi connectivity index (χ0n) is 11.9. The fraction of sp³-hybridized carbons (Fsp3) is 0.714. The van der Waals surface area contributed by atoms with Crippen LogP contribution in [0.4, 0.5) is 0 Å². The SMILES string of the molecule is C/C=C/C[C@H](C(N)=O)C(CC(C)C)C(=O)NCC. The molecule has 0 aliphatic heterocycles. The summed E-state index contributed by atoms with van der Waals surface area (Å²) >= 11 is 0. The first-order valence-corrected chi connectivity index (χ1v) is 6.62. The zero-order valence-corrected chi connectivity index (χ0v) is 11.9. The Balaban J connectivity index is 4.96. The molecule has 4 heteroatoms. The van der Waals surface area contributed by atoms with E-state index in [1.807, 2.05) is 39.8 Å². The largest absolute Gasteiger partial charge is 0.369 e. The standard InChI is InChI=1S/C14H26N2O2/c1-5-7-8-11(13(15)17)12(9-10(3)4)14(18)16-6-2/h5,7,10-12H,6,8-9H2,1-4H3,(H2,15,17)(H,16,18)/b7-5+/t11-,12?/m0/s1. The molecule has 0 aromatic carbocycles. The van der Waals surface area contributed by atoms with Crippen molar-refractivity contribution in [1.29, 1.82) is 0 Å². The van der Waals surface area contributed by atoms with Crippen LogP contribution in [0, 0.1) is 17.8 Å². The fourth-order valence-corrected chi connectivity index (χ4v) is 2.03. The smallest absolute Gasteiger partial charge is 0.223 e. The van der Waals surface area contributed by atoms with Crippen LogP contribution < -0.4 is 11.1 Å². The van der Waals surface area contributed by atoms with Gasteiger partial charge in [0, 0.05) is 6.54 Å². The number of carbonyl (C=O) groups excluding carboxylic acids is 2. The Morgan fingerprint density at radius 3 is 2.28 bits per heavy atom. The average molecular weight is 254 g/mol. The van der Waals surface area contributed by atoms with Crippen LogP contribution in [0.5, 0.6) is 0 Å². The minimum atomic E-state index is -0.421. The minimum absolute atomic E-state index is 0.0699. The second-order valence-electron chi connectivity index (χ2n) is 4.94. The van der Waals surface area contributed by atoms with E-state index in [-0.39, 0.29) is 11.8 Å². The molecule has 2 atom stereocenters. The first kappa shape index (κ1) is 16.7. The molecule has 104 valence electrons. The highest BCUT2D eigenvalue weighted by Crippen LogP contribution is 2.24. The van der Waals surface area contributed by atoms with E-state index in [2.05, 4.69) is 5.32 Å². The van der Waals surface area contributed by atoms with Crippen LogP contribution in [0.1, 0.15) is 40.5 Å². The molecule has 0 spiro atoms. The molecule has 0 saturated carbocycles. The second kappa shape index (κ2) is 8.72. The van der Waals surface area contributed by atoms with E-state index < -0.39 is 11.8 Å². The molecular weight excluding hydrogens is 228 g/mol. The zero-order chi connectivity index (χ0) is 14.1. The van der Waals surface area contributed by atoms with Gasteiger partial charge in [0.1, 0.15) is 0 Å². The Labute approximate surface area is 110 Å². The number of hydrogen-bond acceptors (Lipinski definition) is 2. The molecule has 0 bridgehead atoms. The second-order valence-corrected chi connectivity index (χ2v) is 4.94. The van der Waals surface area contributed by atoms with Gasteiger partial charge in [0.25, 0.3) is 0 Å². The van der Waals surface area contributed by atoms with Crippen LogP contribution >= 0.6 is 0 Å². The van der Waals surface area contributed by atoms with Crippen LogP contribution in [-0.2, 0) is 9.59 Å². The first-order valence-electron chi connectivity index (χ1n) is 6.62. The lowest BCUT2D eigenvalue weighted by Crippen LogP contribution is -2.40. The van der Waals surface area contributed by atoms with Crippen LogP contribution in [0.3, 0.4) is 0 Å². The summed E-state index contributed by atoms with van der Waals surface area (Å²) in [4.78, 5) is 23.6. The van der Waals surface area contributed by atoms with Crippen molar-refractivity contribution in [2.75, 3.05) is 6.54 Å². The predicted molar refractivity (Wildman–Crippen MR) is 73.7 cm³/mol. The lowest BCUT2D eigenvalue weighted by atomic mass is 9.82. The van der Waals surface area contributed by atoms with Crippen molar-refractivity contribution in [3.63, 3.8) is 0 Å². The molecule has 4 nitrogen and oxygen atoms in total. The highest BCUT2D eigenvalue weighted by atomic mass is 16.2. The van der Waals surface area contributed by atoms with Crippen molar-refractivity contribution < 1.29 is 9.59 Å². The van der Waals surface area contributed by atoms with E-state index >= 15 is 0 Å². The minimum Gasteiger partial charge on any atom is -0.369 e. The van der Waals surface area contributed by atoms with Crippen molar-refractivity contribution in [2.24, 2.45) is 23.5 Å². The van der Waals surface area contributed by atoms with Crippen molar-refractivity contribution >= 4 is 11.8 Å². The summed E-state index contributed by atoms with van der Waals surface area (Å²) in [5, 5.41) is 2.79. The lowest BCUT2D eigenvalue weighted by Gasteiger charge is -2.24. The summed E-state index contributed by atoms with van der Waals surface area (Å²) in [6.07, 6.45) is 4.97. The number of rotatable bonds is 8. The number of amides is 2. The molecule has 0 saturated heterocycles. The van der Waals surface area contributed by atoms with Crippen molar-refractivity contribution in [1.82, 2.24) is 5.32 Å². The number of allylic oxidation sites excluding steroid dienone is 2. The number of primary amides is 1. The van der Waals surface area contributed by atoms with E-state index in [1.54, 1.807) is 0 Å². The van der Waals surface area contributed by atoms with Gasteiger partial charge in [-0.05, 0) is 32.6 Å². The number of hydrogen-bond donors (Lipinski definition) is 2. The highest BCUT2D eigenvalue weighted by Gasteiger charge is 2.31. The van der Waals surface area contributed by atoms with Gasteiger partial charge < -0.3 is 11.1 Å². The lowest BCUT2D eigenvalue weighted by molar-refractivity contribution is -0.133. The number of carbonyl (C=O) groups is 2. The Hall–Kier alpha value is -1.32. The summed E-state index contributed by atoms with van der Waals surface area (Å²) in [7, 11) is 0. The number of nitrogens with one attached hydrogen (secondary N) is 1. The Bertz CT molecular complexity index is 298. The van der Waals surface area contributed by atoms with Gasteiger partial charge >= 0.3 is 0 Å². The number of nitrogens with two attached hydrogens (primary N) is 1. The van der Waals surface area contributed by atoms with Crippen LogP contribution in [0.25, 0.3) is 0 Å². The third kappa shape index (κ3) is 5.84. The molecule has 2 amide bonds. The molecule has 3 N–H and O–H groups in total. The maximum atomic E-state index is 12.0. The summed E-state index contributed by atoms with van der Waals surface area (Å²) in [5.74, 6) is -0.872. The molecule has 0 aliphatic carbocycles. The molecule has 0 aromatic heterocycles. The van der Waals surface area contributed by atoms with Crippen LogP contribution in [0.2, 0.25) is 0 Å². The Morgan fingerprint density at radius 1 is 1.28 bits per heavy atom. The molecule has 1 unspecified atom stereocenters. The third-order valence-corrected chi connectivity index (χ3v) is 2.89. The van der Waals surface area contributed by atoms with E-state index in [0.29, 0.717) is 25.3 Å². The van der Waals surface area contributed by atoms with Gasteiger partial charge in [-0.2, -0.15) is 0 Å². The van der Waals surface area contributed by atoms with Crippen molar-refractivity contribution in [2.45, 2.75) is 40.5 Å². The molecule has 0 fully saturated rings. The van der Waals surface area contributed by atoms with E-state index in [1.165, 1.54) is 0 Å². The third-order valence-electron chi connectivity index (χ3n) is 2.89. The van der Waals surface area contributed by atoms with Gasteiger partial charge in [-0.25, -0.2) is 0 Å². The van der Waals surface area contributed by atoms with Gasteiger partial charge in [0.05, 0.1) is 11.8 Å². The molecule has 0 rings (SSSR count). The maximum absolute atomic E-state index is 12.0. The average Bonchev–Trinajstić information content (AvgIpc) is 2.27. The molecule has 18 heavy (non-hydrogen) atoms. The normalized spacial score (nSPS) is 14.7. The van der Waals surface area contributed by atoms with Gasteiger partial charge in [-0.3, -0.25) is 9.59 Å². The van der Waals surface area contributed by atoms with Crippen molar-refractivity contribution in [3.8, 4) is 0 Å². The van der Waals surface area contributed by atoms with E-state index in [0.717, 1.165) is 0 Å². The Kier molecular flexibility index (Phi) is 8.08. The quantitative estimate of drug-likeness (QED) is 0.649. The highest BCUT2D eigenvalue weighted by molar-refractivity contribution is 5.87. The summed E-state index contributed by atoms with van der Waals surface area (Å²) in [6, 6.07) is 0. The van der Waals surface area contributed by atoms with E-state index in [4.69, 9.17) is 5.73 Å².